The molecular formula is C6H5N5O3. The minimum absolute atomic E-state index is 0.0375. The van der Waals surface area contributed by atoms with E-state index in [2.05, 4.69) is 30.1 Å². The molecule has 2 N–H and O–H groups in total. The summed E-state index contributed by atoms with van der Waals surface area (Å²) in [6, 6.07) is 0. The maximum Gasteiger partial charge on any atom is 0.312 e. The van der Waals surface area contributed by atoms with E-state index in [1.807, 2.05) is 0 Å². The Kier molecular flexibility index (Phi) is 1.94. The van der Waals surface area contributed by atoms with Gasteiger partial charge in [0.05, 0.1) is 6.20 Å². The molecule has 8 nitrogen and oxygen atoms in total. The SMILES string of the molecule is O=C(O)Cc1nc(-c2cn[nH]n2)no1. The van der Waals surface area contributed by atoms with Crippen molar-refractivity contribution in [1.29, 1.82) is 0 Å². The van der Waals surface area contributed by atoms with Crippen LogP contribution in [0.5, 0.6) is 0 Å². The maximum atomic E-state index is 10.3. The second-order valence-electron chi connectivity index (χ2n) is 2.44. The second kappa shape index (κ2) is 3.24. The number of rotatable bonds is 3. The van der Waals surface area contributed by atoms with Crippen molar-refractivity contribution in [3.8, 4) is 11.5 Å². The van der Waals surface area contributed by atoms with E-state index in [0.717, 1.165) is 0 Å². The van der Waals surface area contributed by atoms with Crippen molar-refractivity contribution in [3.05, 3.63) is 12.1 Å². The molecule has 2 rings (SSSR count). The molecule has 0 radical (unpaired) electrons. The van der Waals surface area contributed by atoms with Gasteiger partial charge in [-0.1, -0.05) is 5.16 Å². The van der Waals surface area contributed by atoms with Crippen LogP contribution < -0.4 is 0 Å². The smallest absolute Gasteiger partial charge is 0.312 e. The molecule has 0 unspecified atom stereocenters. The fourth-order valence-corrected chi connectivity index (χ4v) is 0.869. The zero-order valence-corrected chi connectivity index (χ0v) is 6.84. The van der Waals surface area contributed by atoms with Crippen LogP contribution in [-0.4, -0.2) is 36.6 Å². The Morgan fingerprint density at radius 1 is 1.64 bits per heavy atom. The van der Waals surface area contributed by atoms with Crippen LogP contribution in [-0.2, 0) is 11.2 Å². The molecular weight excluding hydrogens is 190 g/mol. The lowest BCUT2D eigenvalue weighted by molar-refractivity contribution is -0.136. The molecule has 0 atom stereocenters. The molecule has 14 heavy (non-hydrogen) atoms. The van der Waals surface area contributed by atoms with Gasteiger partial charge in [0, 0.05) is 0 Å². The highest BCUT2D eigenvalue weighted by Gasteiger charge is 2.12. The molecule has 0 bridgehead atoms. The monoisotopic (exact) mass is 195 g/mol. The average Bonchev–Trinajstić information content (AvgIpc) is 2.69. The molecule has 0 aliphatic rings. The van der Waals surface area contributed by atoms with Crippen LogP contribution in [0.4, 0.5) is 0 Å². The minimum atomic E-state index is -1.03. The Bertz CT molecular complexity index is 434. The highest BCUT2D eigenvalue weighted by atomic mass is 16.5. The van der Waals surface area contributed by atoms with Crippen molar-refractivity contribution >= 4 is 5.97 Å². The number of hydrogen-bond acceptors (Lipinski definition) is 6. The van der Waals surface area contributed by atoms with Crippen LogP contribution >= 0.6 is 0 Å². The van der Waals surface area contributed by atoms with Gasteiger partial charge in [-0.3, -0.25) is 4.79 Å². The molecule has 0 fully saturated rings. The zero-order chi connectivity index (χ0) is 9.97. The summed E-state index contributed by atoms with van der Waals surface area (Å²) in [5.74, 6) is -0.772. The van der Waals surface area contributed by atoms with Crippen molar-refractivity contribution < 1.29 is 14.4 Å². The van der Waals surface area contributed by atoms with Gasteiger partial charge in [-0.15, -0.1) is 0 Å². The molecule has 2 aromatic rings. The van der Waals surface area contributed by atoms with Crippen LogP contribution in [0, 0.1) is 0 Å². The van der Waals surface area contributed by atoms with Gasteiger partial charge < -0.3 is 9.63 Å². The van der Waals surface area contributed by atoms with Crippen LogP contribution in [0.1, 0.15) is 5.89 Å². The van der Waals surface area contributed by atoms with Crippen molar-refractivity contribution in [2.45, 2.75) is 6.42 Å². The van der Waals surface area contributed by atoms with Gasteiger partial charge in [-0.25, -0.2) is 0 Å². The number of aromatic nitrogens is 5. The van der Waals surface area contributed by atoms with Crippen LogP contribution in [0.25, 0.3) is 11.5 Å². The molecule has 0 aromatic carbocycles. The second-order valence-corrected chi connectivity index (χ2v) is 2.44. The van der Waals surface area contributed by atoms with Gasteiger partial charge in [0.25, 0.3) is 0 Å². The lowest BCUT2D eigenvalue weighted by Gasteiger charge is -1.82. The number of carboxylic acids is 1. The summed E-state index contributed by atoms with van der Waals surface area (Å²) >= 11 is 0. The van der Waals surface area contributed by atoms with Crippen molar-refractivity contribution in [2.75, 3.05) is 0 Å². The van der Waals surface area contributed by atoms with Gasteiger partial charge in [-0.05, 0) is 0 Å². The topological polar surface area (TPSA) is 118 Å². The number of carbonyl (C=O) groups is 1. The Labute approximate surface area is 76.9 Å². The molecule has 0 saturated carbocycles. The van der Waals surface area contributed by atoms with E-state index in [-0.39, 0.29) is 18.1 Å². The zero-order valence-electron chi connectivity index (χ0n) is 6.84. The van der Waals surface area contributed by atoms with E-state index in [0.29, 0.717) is 5.69 Å². The van der Waals surface area contributed by atoms with Crippen LogP contribution in [0.2, 0.25) is 0 Å². The molecule has 72 valence electrons. The number of H-pyrrole nitrogens is 1. The van der Waals surface area contributed by atoms with E-state index in [4.69, 9.17) is 5.11 Å². The van der Waals surface area contributed by atoms with Crippen molar-refractivity contribution in [1.82, 2.24) is 25.6 Å². The normalized spacial score (nSPS) is 10.3. The van der Waals surface area contributed by atoms with E-state index in [1.165, 1.54) is 6.20 Å². The quantitative estimate of drug-likeness (QED) is 0.676. The van der Waals surface area contributed by atoms with Gasteiger partial charge in [0.1, 0.15) is 6.42 Å². The molecule has 0 aliphatic heterocycles. The third-order valence-electron chi connectivity index (χ3n) is 1.41. The lowest BCUT2D eigenvalue weighted by Crippen LogP contribution is -1.99. The highest BCUT2D eigenvalue weighted by molar-refractivity contribution is 5.68. The third kappa shape index (κ3) is 1.58. The first kappa shape index (κ1) is 8.35. The number of aromatic amines is 1. The first-order valence-corrected chi connectivity index (χ1v) is 3.66. The highest BCUT2D eigenvalue weighted by Crippen LogP contribution is 2.10. The average molecular weight is 195 g/mol. The molecule has 2 heterocycles. The van der Waals surface area contributed by atoms with Gasteiger partial charge in [0.2, 0.25) is 11.7 Å². The van der Waals surface area contributed by atoms with Gasteiger partial charge in [-0.2, -0.15) is 20.4 Å². The number of nitrogens with zero attached hydrogens (tertiary/aromatic N) is 4. The minimum Gasteiger partial charge on any atom is -0.481 e. The summed E-state index contributed by atoms with van der Waals surface area (Å²) in [4.78, 5) is 14.1. The fraction of sp³-hybridized carbons (Fsp3) is 0.167. The third-order valence-corrected chi connectivity index (χ3v) is 1.41. The van der Waals surface area contributed by atoms with E-state index < -0.39 is 5.97 Å². The molecule has 0 aliphatic carbocycles. The van der Waals surface area contributed by atoms with E-state index in [9.17, 15) is 4.79 Å². The molecule has 0 saturated heterocycles. The summed E-state index contributed by atoms with van der Waals surface area (Å²) in [7, 11) is 0. The summed E-state index contributed by atoms with van der Waals surface area (Å²) in [6.07, 6.45) is 1.11. The largest absolute Gasteiger partial charge is 0.481 e. The summed E-state index contributed by atoms with van der Waals surface area (Å²) in [5.41, 5.74) is 0.408. The van der Waals surface area contributed by atoms with E-state index >= 15 is 0 Å². The van der Waals surface area contributed by atoms with Crippen LogP contribution in [0.3, 0.4) is 0 Å². The standard InChI is InChI=1S/C6H5N5O3/c12-5(13)1-4-8-6(10-14-4)3-2-7-11-9-3/h2H,1H2,(H,12,13)(H,7,9,11). The Hall–Kier alpha value is -2.25. The Morgan fingerprint density at radius 3 is 3.14 bits per heavy atom. The molecule has 0 amide bonds. The van der Waals surface area contributed by atoms with Crippen molar-refractivity contribution in [3.63, 3.8) is 0 Å². The van der Waals surface area contributed by atoms with Gasteiger partial charge >= 0.3 is 5.97 Å². The first-order valence-electron chi connectivity index (χ1n) is 3.66. The van der Waals surface area contributed by atoms with E-state index in [1.54, 1.807) is 0 Å². The number of aliphatic carboxylic acids is 1. The summed E-state index contributed by atoms with van der Waals surface area (Å²) in [5, 5.41) is 21.6. The van der Waals surface area contributed by atoms with Gasteiger partial charge in [0.15, 0.2) is 5.69 Å². The Balaban J connectivity index is 2.22. The number of hydrogen-bond donors (Lipinski definition) is 2. The molecule has 0 spiro atoms. The summed E-state index contributed by atoms with van der Waals surface area (Å²) in [6.45, 7) is 0. The maximum absolute atomic E-state index is 10.3. The molecule has 2 aromatic heterocycles. The molecule has 8 heteroatoms. The number of carboxylic acid groups (broad SMARTS) is 1. The van der Waals surface area contributed by atoms with Crippen LogP contribution in [0.15, 0.2) is 10.7 Å². The first-order chi connectivity index (χ1) is 6.75. The Morgan fingerprint density at radius 2 is 2.50 bits per heavy atom. The summed E-state index contributed by atoms with van der Waals surface area (Å²) < 4.78 is 4.68. The number of nitrogens with one attached hydrogen (secondary N) is 1. The predicted octanol–water partition coefficient (Wildman–Crippen LogP) is -0.518. The van der Waals surface area contributed by atoms with Crippen molar-refractivity contribution in [2.24, 2.45) is 0 Å². The fourth-order valence-electron chi connectivity index (χ4n) is 0.869. The predicted molar refractivity (Wildman–Crippen MR) is 41.0 cm³/mol. The lowest BCUT2D eigenvalue weighted by atomic mass is 10.4.